The number of nitrogens with zero attached hydrogens (tertiary/aromatic N) is 1. The number of imide groups is 1. The van der Waals surface area contributed by atoms with Crippen LogP contribution in [-0.2, 0) is 14.3 Å². The first-order valence-corrected chi connectivity index (χ1v) is 10.2. The lowest BCUT2D eigenvalue weighted by Gasteiger charge is -2.15. The minimum absolute atomic E-state index is 0.256. The van der Waals surface area contributed by atoms with Crippen molar-refractivity contribution in [2.45, 2.75) is 20.3 Å². The number of hydrogen-bond acceptors (Lipinski definition) is 5. The van der Waals surface area contributed by atoms with Crippen LogP contribution in [0.1, 0.15) is 24.5 Å². The van der Waals surface area contributed by atoms with E-state index in [-0.39, 0.29) is 17.5 Å². The number of nitrogens with one attached hydrogen (secondary N) is 1. The predicted molar refractivity (Wildman–Crippen MR) is 118 cm³/mol. The summed E-state index contributed by atoms with van der Waals surface area (Å²) in [5, 5.41) is 3.78. The van der Waals surface area contributed by atoms with Gasteiger partial charge in [0.2, 0.25) is 0 Å². The summed E-state index contributed by atoms with van der Waals surface area (Å²) in [7, 11) is 1.58. The van der Waals surface area contributed by atoms with E-state index in [1.807, 2.05) is 13.8 Å². The molecule has 0 radical (unpaired) electrons. The molecule has 6 nitrogen and oxygen atoms in total. The highest BCUT2D eigenvalue weighted by atomic mass is 35.5. The number of benzene rings is 2. The monoisotopic (exact) mass is 428 g/mol. The second-order valence-electron chi connectivity index (χ2n) is 6.88. The Labute approximate surface area is 181 Å². The van der Waals surface area contributed by atoms with Crippen molar-refractivity contribution in [2.75, 3.05) is 32.2 Å². The Kier molecular flexibility index (Phi) is 7.13. The molecular formula is C23H25ClN2O4. The molecule has 158 valence electrons. The second kappa shape index (κ2) is 9.78. The zero-order chi connectivity index (χ0) is 21.7. The Hall–Kier alpha value is -2.83. The van der Waals surface area contributed by atoms with Crippen molar-refractivity contribution in [2.24, 2.45) is 0 Å². The molecule has 2 aromatic rings. The summed E-state index contributed by atoms with van der Waals surface area (Å²) in [4.78, 5) is 27.6. The molecule has 30 heavy (non-hydrogen) atoms. The van der Waals surface area contributed by atoms with Crippen LogP contribution in [0.5, 0.6) is 5.75 Å². The van der Waals surface area contributed by atoms with Crippen molar-refractivity contribution < 1.29 is 19.1 Å². The average molecular weight is 429 g/mol. The number of methoxy groups -OCH3 is 1. The van der Waals surface area contributed by atoms with Gasteiger partial charge in [0, 0.05) is 30.5 Å². The molecule has 0 unspecified atom stereocenters. The normalized spacial score (nSPS) is 13.9. The smallest absolute Gasteiger partial charge is 0.278 e. The molecule has 0 atom stereocenters. The van der Waals surface area contributed by atoms with Gasteiger partial charge in [0.15, 0.2) is 0 Å². The van der Waals surface area contributed by atoms with Crippen molar-refractivity contribution in [3.63, 3.8) is 0 Å². The fourth-order valence-electron chi connectivity index (χ4n) is 3.29. The predicted octanol–water partition coefficient (Wildman–Crippen LogP) is 4.28. The quantitative estimate of drug-likeness (QED) is 0.477. The van der Waals surface area contributed by atoms with Crippen molar-refractivity contribution >= 4 is 34.7 Å². The molecule has 0 fully saturated rings. The van der Waals surface area contributed by atoms with Crippen LogP contribution in [-0.4, -0.2) is 43.6 Å². The van der Waals surface area contributed by atoms with Crippen molar-refractivity contribution in [3.8, 4) is 5.75 Å². The molecule has 2 amide bonds. The lowest BCUT2D eigenvalue weighted by molar-refractivity contribution is -0.137. The maximum absolute atomic E-state index is 13.2. The number of ether oxygens (including phenoxy) is 2. The van der Waals surface area contributed by atoms with Gasteiger partial charge in [-0.3, -0.25) is 14.5 Å². The Morgan fingerprint density at radius 3 is 2.43 bits per heavy atom. The molecule has 0 aromatic heterocycles. The molecule has 0 saturated carbocycles. The van der Waals surface area contributed by atoms with Gasteiger partial charge in [-0.25, -0.2) is 0 Å². The number of carbonyl (C=O) groups is 2. The number of rotatable bonds is 9. The van der Waals surface area contributed by atoms with E-state index in [4.69, 9.17) is 21.1 Å². The minimum atomic E-state index is -0.350. The average Bonchev–Trinajstić information content (AvgIpc) is 2.97. The van der Waals surface area contributed by atoms with E-state index in [0.29, 0.717) is 48.1 Å². The van der Waals surface area contributed by atoms with Crippen molar-refractivity contribution in [1.29, 1.82) is 0 Å². The second-order valence-corrected chi connectivity index (χ2v) is 7.31. The highest BCUT2D eigenvalue weighted by molar-refractivity contribution is 6.36. The Morgan fingerprint density at radius 2 is 1.80 bits per heavy atom. The summed E-state index contributed by atoms with van der Waals surface area (Å²) in [6.07, 6.45) is 0.578. The number of hydrogen-bond donors (Lipinski definition) is 1. The third-order valence-electron chi connectivity index (χ3n) is 4.87. The number of anilines is 1. The van der Waals surface area contributed by atoms with Crippen LogP contribution in [0.15, 0.2) is 48.2 Å². The molecule has 3 rings (SSSR count). The maximum Gasteiger partial charge on any atom is 0.278 e. The van der Waals surface area contributed by atoms with E-state index in [9.17, 15) is 9.59 Å². The molecule has 7 heteroatoms. The first-order valence-electron chi connectivity index (χ1n) is 9.82. The zero-order valence-corrected chi connectivity index (χ0v) is 18.1. The number of amides is 2. The molecule has 0 spiro atoms. The van der Waals surface area contributed by atoms with E-state index in [2.05, 4.69) is 5.32 Å². The van der Waals surface area contributed by atoms with Gasteiger partial charge in [0.25, 0.3) is 11.8 Å². The van der Waals surface area contributed by atoms with Crippen LogP contribution in [0, 0.1) is 6.92 Å². The van der Waals surface area contributed by atoms with E-state index in [0.717, 1.165) is 11.3 Å². The molecule has 1 N–H and O–H groups in total. The van der Waals surface area contributed by atoms with Gasteiger partial charge in [-0.1, -0.05) is 23.7 Å². The fraction of sp³-hybridized carbons (Fsp3) is 0.304. The lowest BCUT2D eigenvalue weighted by atomic mass is 10.0. The van der Waals surface area contributed by atoms with Gasteiger partial charge < -0.3 is 14.8 Å². The molecule has 2 aromatic carbocycles. The lowest BCUT2D eigenvalue weighted by Crippen LogP contribution is -2.34. The summed E-state index contributed by atoms with van der Waals surface area (Å²) in [5.41, 5.74) is 2.84. The summed E-state index contributed by atoms with van der Waals surface area (Å²) in [6.45, 7) is 5.18. The van der Waals surface area contributed by atoms with Gasteiger partial charge in [-0.15, -0.1) is 0 Å². The van der Waals surface area contributed by atoms with E-state index >= 15 is 0 Å². The molecule has 1 heterocycles. The number of aryl methyl sites for hydroxylation is 1. The van der Waals surface area contributed by atoms with E-state index < -0.39 is 0 Å². The Morgan fingerprint density at radius 1 is 1.07 bits per heavy atom. The van der Waals surface area contributed by atoms with Crippen LogP contribution in [0.2, 0.25) is 5.02 Å². The van der Waals surface area contributed by atoms with E-state index in [1.165, 1.54) is 4.90 Å². The van der Waals surface area contributed by atoms with E-state index in [1.54, 1.807) is 49.6 Å². The Bertz CT molecular complexity index is 970. The number of carbonyl (C=O) groups excluding carboxylic acids is 2. The van der Waals surface area contributed by atoms with Crippen LogP contribution >= 0.6 is 11.6 Å². The molecule has 1 aliphatic heterocycles. The standard InChI is InChI=1S/C23H25ClN2O4/c1-4-30-13-5-12-26-22(27)20(16-6-9-18(29-3)10-7-16)21(23(26)28)25-19-11-8-17(24)14-15(19)2/h6-11,14,25H,4-5,12-13H2,1-3H3. The van der Waals surface area contributed by atoms with Gasteiger partial charge in [0.05, 0.1) is 12.7 Å². The third kappa shape index (κ3) is 4.66. The van der Waals surface area contributed by atoms with Crippen molar-refractivity contribution in [1.82, 2.24) is 4.90 Å². The first-order chi connectivity index (χ1) is 14.5. The highest BCUT2D eigenvalue weighted by Gasteiger charge is 2.39. The fourth-order valence-corrected chi connectivity index (χ4v) is 3.52. The summed E-state index contributed by atoms with van der Waals surface area (Å²) < 4.78 is 10.6. The maximum atomic E-state index is 13.2. The summed E-state index contributed by atoms with van der Waals surface area (Å²) >= 11 is 6.05. The third-order valence-corrected chi connectivity index (χ3v) is 5.10. The van der Waals surface area contributed by atoms with Gasteiger partial charge in [-0.05, 0) is 61.7 Å². The molecule has 1 aliphatic rings. The van der Waals surface area contributed by atoms with Crippen LogP contribution in [0.25, 0.3) is 5.57 Å². The zero-order valence-electron chi connectivity index (χ0n) is 17.3. The van der Waals surface area contributed by atoms with Gasteiger partial charge in [-0.2, -0.15) is 0 Å². The topological polar surface area (TPSA) is 67.9 Å². The molecule has 0 aliphatic carbocycles. The van der Waals surface area contributed by atoms with Gasteiger partial charge >= 0.3 is 0 Å². The van der Waals surface area contributed by atoms with Gasteiger partial charge in [0.1, 0.15) is 11.4 Å². The summed E-state index contributed by atoms with van der Waals surface area (Å²) in [5.74, 6) is 0.000182. The summed E-state index contributed by atoms with van der Waals surface area (Å²) in [6, 6.07) is 12.4. The van der Waals surface area contributed by atoms with Crippen LogP contribution in [0.3, 0.4) is 0 Å². The van der Waals surface area contributed by atoms with Crippen LogP contribution < -0.4 is 10.1 Å². The largest absolute Gasteiger partial charge is 0.497 e. The first kappa shape index (κ1) is 21.9. The Balaban J connectivity index is 1.96. The number of halogens is 1. The minimum Gasteiger partial charge on any atom is -0.497 e. The molecular weight excluding hydrogens is 404 g/mol. The molecule has 0 bridgehead atoms. The highest BCUT2D eigenvalue weighted by Crippen LogP contribution is 2.32. The molecule has 0 saturated heterocycles. The van der Waals surface area contributed by atoms with Crippen LogP contribution in [0.4, 0.5) is 5.69 Å². The SMILES string of the molecule is CCOCCCN1C(=O)C(Nc2ccc(Cl)cc2C)=C(c2ccc(OC)cc2)C1=O. The van der Waals surface area contributed by atoms with Crippen molar-refractivity contribution in [3.05, 3.63) is 64.3 Å².